The zero-order chi connectivity index (χ0) is 26.9. The third kappa shape index (κ3) is 5.34. The highest BCUT2D eigenvalue weighted by Crippen LogP contribution is 2.27. The van der Waals surface area contributed by atoms with Crippen LogP contribution in [0.1, 0.15) is 5.56 Å². The minimum absolute atomic E-state index is 0.0242. The number of aromatic nitrogens is 3. The first kappa shape index (κ1) is 25.7. The Morgan fingerprint density at radius 1 is 0.763 bits per heavy atom. The summed E-state index contributed by atoms with van der Waals surface area (Å²) in [5.74, 6) is 0. The molecular weight excluding hydrogens is 543 g/mol. The fourth-order valence-corrected chi connectivity index (χ4v) is 6.53. The number of nitrogens with one attached hydrogen (secondary N) is 1. The molecule has 3 aromatic carbocycles. The van der Waals surface area contributed by atoms with E-state index in [2.05, 4.69) is 31.6 Å². The topological polar surface area (TPSA) is 136 Å². The number of primary sulfonamides is 1. The summed E-state index contributed by atoms with van der Waals surface area (Å²) in [7, 11) is -8.15. The maximum atomic E-state index is 13.0. The maximum Gasteiger partial charge on any atom is 0.267 e. The number of hydrogen-bond acceptors (Lipinski definition) is 7. The minimum atomic E-state index is -4.09. The highest BCUT2D eigenvalue weighted by atomic mass is 32.2. The monoisotopic (exact) mass is 564 g/mol. The van der Waals surface area contributed by atoms with E-state index in [1.165, 1.54) is 12.1 Å². The fourth-order valence-electron chi connectivity index (χ4n) is 3.97. The molecule has 0 radical (unpaired) electrons. The van der Waals surface area contributed by atoms with E-state index in [4.69, 9.17) is 5.14 Å². The second-order valence-electron chi connectivity index (χ2n) is 8.39. The molecule has 0 aliphatic heterocycles. The Bertz CT molecular complexity index is 1760. The Hall–Kier alpha value is -3.97. The molecule has 2 heterocycles. The average Bonchev–Trinajstić information content (AvgIpc) is 3.38. The standard InChI is InChI=1S/C26H22N5O4S3/c1-18-16-23(19-8-4-2-5-9-19)31(24(17-18)20-10-6-3-7-11-20)21-12-14-22(15-13-21)38(34,35)30-25-28-29-26(36-25)37(27,32)33/h2-17H,1H3,(H,28,30)(H2,27,32,33)/q+1. The maximum absolute atomic E-state index is 13.0. The molecule has 0 spiro atoms. The quantitative estimate of drug-likeness (QED) is 0.288. The van der Waals surface area contributed by atoms with E-state index in [0.29, 0.717) is 11.3 Å². The second-order valence-corrected chi connectivity index (χ2v) is 12.8. The van der Waals surface area contributed by atoms with Gasteiger partial charge in [-0.15, -0.1) is 10.2 Å². The van der Waals surface area contributed by atoms with Crippen molar-refractivity contribution in [1.82, 2.24) is 10.2 Å². The number of rotatable bonds is 7. The van der Waals surface area contributed by atoms with Gasteiger partial charge >= 0.3 is 0 Å². The van der Waals surface area contributed by atoms with Crippen LogP contribution in [0.3, 0.4) is 0 Å². The highest BCUT2D eigenvalue weighted by Gasteiger charge is 2.25. The van der Waals surface area contributed by atoms with E-state index in [0.717, 1.165) is 33.8 Å². The molecule has 0 aliphatic rings. The molecule has 9 nitrogen and oxygen atoms in total. The fraction of sp³-hybridized carbons (Fsp3) is 0.0385. The van der Waals surface area contributed by atoms with Crippen molar-refractivity contribution in [3.05, 3.63) is 103 Å². The molecule has 0 aliphatic carbocycles. The van der Waals surface area contributed by atoms with Gasteiger partial charge in [0.15, 0.2) is 0 Å². The summed E-state index contributed by atoms with van der Waals surface area (Å²) in [5, 5.41) is 11.8. The molecule has 0 unspecified atom stereocenters. The van der Waals surface area contributed by atoms with Crippen LogP contribution >= 0.6 is 11.3 Å². The van der Waals surface area contributed by atoms with Crippen LogP contribution in [-0.4, -0.2) is 27.0 Å². The van der Waals surface area contributed by atoms with Gasteiger partial charge in [0.05, 0.1) is 4.90 Å². The first-order valence-electron chi connectivity index (χ1n) is 11.3. The van der Waals surface area contributed by atoms with Crippen molar-refractivity contribution >= 4 is 36.5 Å². The molecule has 0 bridgehead atoms. The molecule has 3 N–H and O–H groups in total. The summed E-state index contributed by atoms with van der Waals surface area (Å²) in [6.07, 6.45) is 0. The van der Waals surface area contributed by atoms with Crippen LogP contribution in [0, 0.1) is 6.92 Å². The molecule has 0 saturated heterocycles. The number of benzene rings is 3. The number of hydrogen-bond donors (Lipinski definition) is 2. The van der Waals surface area contributed by atoms with Crippen molar-refractivity contribution in [2.45, 2.75) is 16.2 Å². The van der Waals surface area contributed by atoms with Crippen molar-refractivity contribution in [3.8, 4) is 28.2 Å². The Morgan fingerprint density at radius 3 is 1.76 bits per heavy atom. The lowest BCUT2D eigenvalue weighted by Crippen LogP contribution is -2.36. The average molecular weight is 565 g/mol. The summed E-state index contributed by atoms with van der Waals surface area (Å²) < 4.78 is 52.7. The largest absolute Gasteiger partial charge is 0.267 e. The van der Waals surface area contributed by atoms with Crippen LogP contribution in [0.5, 0.6) is 0 Å². The van der Waals surface area contributed by atoms with Gasteiger partial charge in [-0.05, 0) is 48.9 Å². The SMILES string of the molecule is Cc1cc(-c2ccccc2)[n+](-c2ccc(S(=O)(=O)Nc3nnc(S(N)(=O)=O)s3)cc2)c(-c2ccccc2)c1. The first-order valence-corrected chi connectivity index (χ1v) is 15.1. The van der Waals surface area contributed by atoms with Gasteiger partial charge in [-0.3, -0.25) is 4.72 Å². The summed E-state index contributed by atoms with van der Waals surface area (Å²) >= 11 is 0.532. The Morgan fingerprint density at radius 2 is 1.29 bits per heavy atom. The molecule has 12 heteroatoms. The molecule has 192 valence electrons. The third-order valence-corrected chi connectivity index (χ3v) is 9.26. The number of pyridine rings is 1. The molecule has 38 heavy (non-hydrogen) atoms. The molecule has 0 saturated carbocycles. The van der Waals surface area contributed by atoms with E-state index >= 15 is 0 Å². The minimum Gasteiger partial charge on any atom is -0.253 e. The Labute approximate surface area is 224 Å². The van der Waals surface area contributed by atoms with Crippen LogP contribution in [0.2, 0.25) is 0 Å². The number of sulfonamides is 2. The van der Waals surface area contributed by atoms with Crippen molar-refractivity contribution < 1.29 is 21.4 Å². The van der Waals surface area contributed by atoms with Gasteiger partial charge in [0, 0.05) is 35.4 Å². The van der Waals surface area contributed by atoms with Crippen LogP contribution < -0.4 is 14.4 Å². The smallest absolute Gasteiger partial charge is 0.253 e. The van der Waals surface area contributed by atoms with Crippen LogP contribution in [0.25, 0.3) is 28.2 Å². The lowest BCUT2D eigenvalue weighted by molar-refractivity contribution is -0.572. The number of anilines is 1. The van der Waals surface area contributed by atoms with Crippen molar-refractivity contribution in [1.29, 1.82) is 0 Å². The Balaban J connectivity index is 1.58. The van der Waals surface area contributed by atoms with Crippen molar-refractivity contribution in [3.63, 3.8) is 0 Å². The summed E-state index contributed by atoms with van der Waals surface area (Å²) in [4.78, 5) is -0.0242. The van der Waals surface area contributed by atoms with Gasteiger partial charge in [0.25, 0.3) is 20.0 Å². The van der Waals surface area contributed by atoms with E-state index in [-0.39, 0.29) is 10.0 Å². The van der Waals surface area contributed by atoms with Gasteiger partial charge in [-0.1, -0.05) is 47.7 Å². The lowest BCUT2D eigenvalue weighted by Gasteiger charge is -2.11. The summed E-state index contributed by atoms with van der Waals surface area (Å²) in [6.45, 7) is 2.04. The molecule has 0 amide bonds. The number of aryl methyl sites for hydroxylation is 1. The Kier molecular flexibility index (Phi) is 6.80. The number of nitrogens with zero attached hydrogens (tertiary/aromatic N) is 3. The molecule has 2 aromatic heterocycles. The van der Waals surface area contributed by atoms with Crippen molar-refractivity contribution in [2.75, 3.05) is 4.72 Å². The third-order valence-electron chi connectivity index (χ3n) is 5.63. The van der Waals surface area contributed by atoms with E-state index < -0.39 is 24.4 Å². The van der Waals surface area contributed by atoms with Gasteiger partial charge in [-0.25, -0.2) is 22.0 Å². The first-order chi connectivity index (χ1) is 18.1. The lowest BCUT2D eigenvalue weighted by atomic mass is 10.0. The summed E-state index contributed by atoms with van der Waals surface area (Å²) in [5.41, 5.74) is 5.75. The second kappa shape index (κ2) is 10.1. The predicted molar refractivity (Wildman–Crippen MR) is 146 cm³/mol. The zero-order valence-corrected chi connectivity index (χ0v) is 22.5. The number of nitrogens with two attached hydrogens (primary N) is 1. The zero-order valence-electron chi connectivity index (χ0n) is 20.0. The molecule has 5 rings (SSSR count). The van der Waals surface area contributed by atoms with Crippen molar-refractivity contribution in [2.24, 2.45) is 5.14 Å². The van der Waals surface area contributed by atoms with Crippen LogP contribution in [0.4, 0.5) is 5.13 Å². The molecule has 0 fully saturated rings. The van der Waals surface area contributed by atoms with Gasteiger partial charge < -0.3 is 0 Å². The normalized spacial score (nSPS) is 11.8. The van der Waals surface area contributed by atoms with Crippen LogP contribution in [0.15, 0.2) is 106 Å². The van der Waals surface area contributed by atoms with E-state index in [1.807, 2.05) is 67.6 Å². The summed E-state index contributed by atoms with van der Waals surface area (Å²) in [6, 6.07) is 30.5. The van der Waals surface area contributed by atoms with E-state index in [9.17, 15) is 16.8 Å². The molecule has 5 aromatic rings. The molecule has 0 atom stereocenters. The molecular formula is C26H22N5O4S3+. The highest BCUT2D eigenvalue weighted by molar-refractivity contribution is 7.93. The van der Waals surface area contributed by atoms with Gasteiger partial charge in [0.2, 0.25) is 26.5 Å². The van der Waals surface area contributed by atoms with Crippen LogP contribution in [-0.2, 0) is 20.0 Å². The predicted octanol–water partition coefficient (Wildman–Crippen LogP) is 3.91. The van der Waals surface area contributed by atoms with E-state index in [1.54, 1.807) is 12.1 Å². The van der Waals surface area contributed by atoms with Gasteiger partial charge in [-0.2, -0.15) is 4.57 Å². The van der Waals surface area contributed by atoms with Gasteiger partial charge in [0.1, 0.15) is 0 Å².